The van der Waals surface area contributed by atoms with Gasteiger partial charge in [0.05, 0.1) is 17.5 Å². The Bertz CT molecular complexity index is 377. The maximum atomic E-state index is 13.1. The van der Waals surface area contributed by atoms with E-state index < -0.39 is 0 Å². The summed E-state index contributed by atoms with van der Waals surface area (Å²) >= 11 is 3.13. The van der Waals surface area contributed by atoms with Gasteiger partial charge in [0.25, 0.3) is 0 Å². The molecule has 0 fully saturated rings. The Morgan fingerprint density at radius 3 is 2.80 bits per heavy atom. The molecule has 0 saturated carbocycles. The van der Waals surface area contributed by atoms with E-state index in [1.165, 1.54) is 6.07 Å². The van der Waals surface area contributed by atoms with Gasteiger partial charge in [-0.2, -0.15) is 0 Å². The first-order chi connectivity index (χ1) is 7.06. The van der Waals surface area contributed by atoms with Crippen LogP contribution in [-0.2, 0) is 16.0 Å². The van der Waals surface area contributed by atoms with Gasteiger partial charge in [-0.1, -0.05) is 6.07 Å². The number of esters is 1. The second kappa shape index (κ2) is 5.26. The standard InChI is InChI=1S/C11H12BrFO2/c1-3-15-10(14)6-8-4-5-9(13)11(12)7(8)2/h4-5H,3,6H2,1-2H3. The van der Waals surface area contributed by atoms with Crippen molar-refractivity contribution in [3.05, 3.63) is 33.5 Å². The molecule has 2 nitrogen and oxygen atoms in total. The monoisotopic (exact) mass is 274 g/mol. The van der Waals surface area contributed by atoms with Crippen LogP contribution in [0.4, 0.5) is 4.39 Å². The van der Waals surface area contributed by atoms with Crippen molar-refractivity contribution in [2.45, 2.75) is 20.3 Å². The van der Waals surface area contributed by atoms with E-state index in [2.05, 4.69) is 15.9 Å². The smallest absolute Gasteiger partial charge is 0.310 e. The summed E-state index contributed by atoms with van der Waals surface area (Å²) < 4.78 is 18.3. The lowest BCUT2D eigenvalue weighted by Gasteiger charge is -2.07. The van der Waals surface area contributed by atoms with Gasteiger partial charge in [0.1, 0.15) is 5.82 Å². The van der Waals surface area contributed by atoms with Gasteiger partial charge in [0.15, 0.2) is 0 Å². The van der Waals surface area contributed by atoms with E-state index >= 15 is 0 Å². The number of carbonyl (C=O) groups excluding carboxylic acids is 1. The van der Waals surface area contributed by atoms with Crippen LogP contribution in [0.15, 0.2) is 16.6 Å². The lowest BCUT2D eigenvalue weighted by Crippen LogP contribution is -2.08. The zero-order chi connectivity index (χ0) is 11.4. The molecule has 0 atom stereocenters. The molecule has 0 saturated heterocycles. The van der Waals surface area contributed by atoms with Crippen molar-refractivity contribution in [2.24, 2.45) is 0 Å². The molecule has 0 radical (unpaired) electrons. The van der Waals surface area contributed by atoms with Crippen molar-refractivity contribution in [3.8, 4) is 0 Å². The molecule has 0 unspecified atom stereocenters. The van der Waals surface area contributed by atoms with Gasteiger partial charge < -0.3 is 4.74 Å². The van der Waals surface area contributed by atoms with Crippen LogP contribution in [0, 0.1) is 12.7 Å². The van der Waals surface area contributed by atoms with Crippen LogP contribution in [0.1, 0.15) is 18.1 Å². The van der Waals surface area contributed by atoms with E-state index in [-0.39, 0.29) is 18.2 Å². The van der Waals surface area contributed by atoms with Crippen molar-refractivity contribution < 1.29 is 13.9 Å². The molecule has 1 aromatic rings. The lowest BCUT2D eigenvalue weighted by molar-refractivity contribution is -0.142. The normalized spacial score (nSPS) is 10.1. The van der Waals surface area contributed by atoms with E-state index in [1.54, 1.807) is 19.9 Å². The Balaban J connectivity index is 2.87. The van der Waals surface area contributed by atoms with Crippen molar-refractivity contribution >= 4 is 21.9 Å². The minimum absolute atomic E-state index is 0.179. The van der Waals surface area contributed by atoms with Crippen LogP contribution in [-0.4, -0.2) is 12.6 Å². The molecule has 0 bridgehead atoms. The van der Waals surface area contributed by atoms with Crippen LogP contribution in [0.5, 0.6) is 0 Å². The van der Waals surface area contributed by atoms with E-state index in [0.29, 0.717) is 11.1 Å². The largest absolute Gasteiger partial charge is 0.466 e. The minimum atomic E-state index is -0.319. The number of benzene rings is 1. The number of hydrogen-bond donors (Lipinski definition) is 0. The van der Waals surface area contributed by atoms with Crippen LogP contribution in [0.25, 0.3) is 0 Å². The van der Waals surface area contributed by atoms with Crippen molar-refractivity contribution in [3.63, 3.8) is 0 Å². The zero-order valence-corrected chi connectivity index (χ0v) is 10.2. The van der Waals surface area contributed by atoms with Gasteiger partial charge in [-0.05, 0) is 47.0 Å². The zero-order valence-electron chi connectivity index (χ0n) is 8.64. The van der Waals surface area contributed by atoms with Crippen molar-refractivity contribution in [1.29, 1.82) is 0 Å². The number of rotatable bonds is 3. The number of hydrogen-bond acceptors (Lipinski definition) is 2. The Hall–Kier alpha value is -0.900. The predicted octanol–water partition coefficient (Wildman–Crippen LogP) is 3.00. The van der Waals surface area contributed by atoms with Gasteiger partial charge in [-0.3, -0.25) is 4.79 Å². The number of ether oxygens (including phenoxy) is 1. The van der Waals surface area contributed by atoms with Gasteiger partial charge >= 0.3 is 5.97 Å². The van der Waals surface area contributed by atoms with Crippen LogP contribution in [0.2, 0.25) is 0 Å². The molecule has 0 heterocycles. The van der Waals surface area contributed by atoms with Gasteiger partial charge in [-0.15, -0.1) is 0 Å². The van der Waals surface area contributed by atoms with Crippen molar-refractivity contribution in [1.82, 2.24) is 0 Å². The molecule has 0 aliphatic heterocycles. The van der Waals surface area contributed by atoms with Crippen LogP contribution >= 0.6 is 15.9 Å². The maximum absolute atomic E-state index is 13.1. The fraction of sp³-hybridized carbons (Fsp3) is 0.364. The number of carbonyl (C=O) groups is 1. The highest BCUT2D eigenvalue weighted by molar-refractivity contribution is 9.10. The fourth-order valence-corrected chi connectivity index (χ4v) is 1.64. The molecule has 0 N–H and O–H groups in total. The Morgan fingerprint density at radius 2 is 2.20 bits per heavy atom. The van der Waals surface area contributed by atoms with E-state index in [4.69, 9.17) is 4.74 Å². The molecular weight excluding hydrogens is 263 g/mol. The van der Waals surface area contributed by atoms with E-state index in [9.17, 15) is 9.18 Å². The third-order valence-corrected chi connectivity index (χ3v) is 3.07. The highest BCUT2D eigenvalue weighted by Crippen LogP contribution is 2.23. The first-order valence-electron chi connectivity index (χ1n) is 4.65. The summed E-state index contributed by atoms with van der Waals surface area (Å²) in [4.78, 5) is 11.2. The molecule has 0 amide bonds. The van der Waals surface area contributed by atoms with Gasteiger partial charge in [0, 0.05) is 0 Å². The highest BCUT2D eigenvalue weighted by atomic mass is 79.9. The lowest BCUT2D eigenvalue weighted by atomic mass is 10.1. The Labute approximate surface area is 96.6 Å². The van der Waals surface area contributed by atoms with Gasteiger partial charge in [-0.25, -0.2) is 4.39 Å². The van der Waals surface area contributed by atoms with Crippen LogP contribution in [0.3, 0.4) is 0 Å². The summed E-state index contributed by atoms with van der Waals surface area (Å²) in [7, 11) is 0. The SMILES string of the molecule is CCOC(=O)Cc1ccc(F)c(Br)c1C. The molecule has 1 aromatic carbocycles. The average Bonchev–Trinajstić information content (AvgIpc) is 2.20. The first kappa shape index (κ1) is 12.2. The average molecular weight is 275 g/mol. The van der Waals surface area contributed by atoms with E-state index in [1.807, 2.05) is 0 Å². The summed E-state index contributed by atoms with van der Waals surface area (Å²) in [5.41, 5.74) is 1.52. The van der Waals surface area contributed by atoms with Crippen molar-refractivity contribution in [2.75, 3.05) is 6.61 Å². The highest BCUT2D eigenvalue weighted by Gasteiger charge is 2.11. The molecule has 4 heteroatoms. The number of halogens is 2. The molecule has 0 aromatic heterocycles. The molecule has 1 rings (SSSR count). The van der Waals surface area contributed by atoms with Gasteiger partial charge in [0.2, 0.25) is 0 Å². The molecule has 82 valence electrons. The summed E-state index contributed by atoms with van der Waals surface area (Å²) in [6, 6.07) is 2.94. The van der Waals surface area contributed by atoms with Crippen LogP contribution < -0.4 is 0 Å². The topological polar surface area (TPSA) is 26.3 Å². The second-order valence-corrected chi connectivity index (χ2v) is 3.92. The Kier molecular flexibility index (Phi) is 4.27. The maximum Gasteiger partial charge on any atom is 0.310 e. The summed E-state index contributed by atoms with van der Waals surface area (Å²) in [6.45, 7) is 3.88. The quantitative estimate of drug-likeness (QED) is 0.793. The second-order valence-electron chi connectivity index (χ2n) is 3.13. The molecule has 0 aliphatic rings. The molecule has 0 aliphatic carbocycles. The molecule has 15 heavy (non-hydrogen) atoms. The molecular formula is C11H12BrFO2. The van der Waals surface area contributed by atoms with E-state index in [0.717, 1.165) is 11.1 Å². The predicted molar refractivity (Wildman–Crippen MR) is 59.2 cm³/mol. The third-order valence-electron chi connectivity index (χ3n) is 2.09. The molecule has 0 spiro atoms. The summed E-state index contributed by atoms with van der Waals surface area (Å²) in [5, 5.41) is 0. The third kappa shape index (κ3) is 3.02. The minimum Gasteiger partial charge on any atom is -0.466 e. The summed E-state index contributed by atoms with van der Waals surface area (Å²) in [5.74, 6) is -0.612. The fourth-order valence-electron chi connectivity index (χ4n) is 1.25. The first-order valence-corrected chi connectivity index (χ1v) is 5.44. The summed E-state index contributed by atoms with van der Waals surface area (Å²) in [6.07, 6.45) is 0.179. The Morgan fingerprint density at radius 1 is 1.53 bits per heavy atom.